The van der Waals surface area contributed by atoms with Crippen LogP contribution in [0.2, 0.25) is 19.6 Å². The molecule has 0 aliphatic carbocycles. The van der Waals surface area contributed by atoms with Gasteiger partial charge in [-0.1, -0.05) is 176 Å². The zero-order valence-electron chi connectivity index (χ0n) is 34.1. The number of rotatable bonds is 6. The predicted octanol–water partition coefficient (Wildman–Crippen LogP) is 14.4. The van der Waals surface area contributed by atoms with E-state index in [4.69, 9.17) is 4.98 Å². The van der Waals surface area contributed by atoms with Crippen LogP contribution in [0.3, 0.4) is 0 Å². The van der Waals surface area contributed by atoms with Gasteiger partial charge in [0.25, 0.3) is 0 Å². The minimum absolute atomic E-state index is 0. The summed E-state index contributed by atoms with van der Waals surface area (Å²) in [5.74, 6) is 0.907. The molecule has 61 heavy (non-hydrogen) atoms. The van der Waals surface area contributed by atoms with Crippen molar-refractivity contribution in [1.82, 2.24) is 14.5 Å². The van der Waals surface area contributed by atoms with Crippen LogP contribution in [0.15, 0.2) is 194 Å². The molecular formula is C55H41IrN3SSi-2. The zero-order valence-corrected chi connectivity index (χ0v) is 38.3. The first-order chi connectivity index (χ1) is 29.4. The summed E-state index contributed by atoms with van der Waals surface area (Å²) < 4.78 is 4.78. The quantitative estimate of drug-likeness (QED) is 0.123. The first kappa shape index (κ1) is 40.1. The van der Waals surface area contributed by atoms with Crippen molar-refractivity contribution in [2.24, 2.45) is 0 Å². The van der Waals surface area contributed by atoms with Gasteiger partial charge in [0.15, 0.2) is 0 Å². The number of aromatic nitrogens is 3. The van der Waals surface area contributed by atoms with Crippen molar-refractivity contribution in [3.63, 3.8) is 0 Å². The van der Waals surface area contributed by atoms with Gasteiger partial charge in [-0.05, 0) is 61.9 Å². The summed E-state index contributed by atoms with van der Waals surface area (Å²) in [6, 6.07) is 72.9. The maximum Gasteiger partial charge on any atom is 0.0795 e. The van der Waals surface area contributed by atoms with Crippen LogP contribution in [0.5, 0.6) is 0 Å². The van der Waals surface area contributed by atoms with Crippen LogP contribution in [-0.2, 0) is 20.1 Å². The number of fused-ring (bicyclic) bond motifs is 5. The van der Waals surface area contributed by atoms with Crippen molar-refractivity contribution >= 4 is 66.6 Å². The molecule has 0 amide bonds. The van der Waals surface area contributed by atoms with E-state index in [1.165, 1.54) is 58.4 Å². The molecule has 11 aromatic rings. The summed E-state index contributed by atoms with van der Waals surface area (Å²) in [6.07, 6.45) is 2.04. The van der Waals surface area contributed by atoms with Gasteiger partial charge in [0.2, 0.25) is 0 Å². The Bertz CT molecular complexity index is 3290. The summed E-state index contributed by atoms with van der Waals surface area (Å²) in [5.41, 5.74) is 11.1. The number of nitrogens with zero attached hydrogens (tertiary/aromatic N) is 3. The van der Waals surface area contributed by atoms with Crippen molar-refractivity contribution in [2.45, 2.75) is 19.6 Å². The second-order valence-corrected chi connectivity index (χ2v) is 22.2. The summed E-state index contributed by atoms with van der Waals surface area (Å²) in [4.78, 5) is 9.89. The number of thiophene rings is 1. The number of hydrogen-bond acceptors (Lipinski definition) is 3. The van der Waals surface area contributed by atoms with Crippen molar-refractivity contribution in [3.8, 4) is 50.6 Å². The Morgan fingerprint density at radius 1 is 0.557 bits per heavy atom. The number of pyridine rings is 1. The Kier molecular flexibility index (Phi) is 11.2. The van der Waals surface area contributed by atoms with Gasteiger partial charge in [0.05, 0.1) is 24.9 Å². The van der Waals surface area contributed by atoms with E-state index in [1.54, 1.807) is 0 Å². The minimum atomic E-state index is -1.28. The molecule has 6 heteroatoms. The molecule has 0 aliphatic rings. The average molecular weight is 996 g/mol. The van der Waals surface area contributed by atoms with Gasteiger partial charge >= 0.3 is 0 Å². The minimum Gasteiger partial charge on any atom is -0.333 e. The Balaban J connectivity index is 0.000000191. The van der Waals surface area contributed by atoms with Crippen molar-refractivity contribution < 1.29 is 20.1 Å². The molecule has 3 nitrogen and oxygen atoms in total. The van der Waals surface area contributed by atoms with Crippen LogP contribution in [0.4, 0.5) is 0 Å². The van der Waals surface area contributed by atoms with Crippen LogP contribution in [0.25, 0.3) is 92.6 Å². The Hall–Kier alpha value is -6.27. The predicted molar refractivity (Wildman–Crippen MR) is 258 cm³/mol. The molecule has 0 aliphatic heterocycles. The molecule has 0 saturated carbocycles. The first-order valence-electron chi connectivity index (χ1n) is 20.3. The van der Waals surface area contributed by atoms with E-state index in [2.05, 4.69) is 217 Å². The van der Waals surface area contributed by atoms with Gasteiger partial charge in [-0.2, -0.15) is 11.3 Å². The van der Waals surface area contributed by atoms with Crippen LogP contribution in [0.1, 0.15) is 0 Å². The third-order valence-electron chi connectivity index (χ3n) is 11.2. The van der Waals surface area contributed by atoms with E-state index in [0.717, 1.165) is 39.4 Å². The molecule has 0 spiro atoms. The van der Waals surface area contributed by atoms with E-state index < -0.39 is 8.07 Å². The van der Waals surface area contributed by atoms with Crippen LogP contribution in [0, 0.1) is 12.1 Å². The standard InChI is InChI=1S/C37H23N2S.C18H18NSi.Ir/c1-3-12-25(13-4-1)27-22-23-29-30-17-11-18-31(36(30)40-35(29)24-27)37-38-32-19-8-10-21-34(32)39(37)33-20-9-7-16-28(33)26-14-5-2-6-15-26;1-20(2,3)15-11-12-18(19-13-15)17-10-6-8-14-7-4-5-9-16(14)17;/h1-17,19-24H;4-9,11-13H,1-3H3;/q2*-1;. The summed E-state index contributed by atoms with van der Waals surface area (Å²) >= 11 is 1.82. The molecule has 8 aromatic carbocycles. The van der Waals surface area contributed by atoms with E-state index in [0.29, 0.717) is 0 Å². The van der Waals surface area contributed by atoms with Crippen LogP contribution >= 0.6 is 11.3 Å². The SMILES string of the molecule is C[Si](C)(C)c1ccc(-c2[c-]ccc3ccccc23)nc1.[Ir].[c-]1ccc2c(sc3cc(-c4ccccc4)ccc32)c1-c1nc2ccccc2n1-c1ccccc1-c1ccccc1. The molecule has 0 saturated heterocycles. The number of para-hydroxylation sites is 3. The first-order valence-corrected chi connectivity index (χ1v) is 24.6. The fourth-order valence-electron chi connectivity index (χ4n) is 8.05. The maximum atomic E-state index is 5.22. The summed E-state index contributed by atoms with van der Waals surface area (Å²) in [5, 5.41) is 6.34. The fraction of sp³-hybridized carbons (Fsp3) is 0.0545. The topological polar surface area (TPSA) is 30.7 Å². The molecular weight excluding hydrogens is 955 g/mol. The molecule has 0 atom stereocenters. The molecule has 297 valence electrons. The third kappa shape index (κ3) is 7.80. The number of benzene rings is 8. The second-order valence-electron chi connectivity index (χ2n) is 16.0. The monoisotopic (exact) mass is 996 g/mol. The van der Waals surface area contributed by atoms with Crippen molar-refractivity contribution in [3.05, 3.63) is 206 Å². The fourth-order valence-corrected chi connectivity index (χ4v) is 10.3. The zero-order chi connectivity index (χ0) is 40.6. The Labute approximate surface area is 375 Å². The summed E-state index contributed by atoms with van der Waals surface area (Å²) in [7, 11) is -1.28. The largest absolute Gasteiger partial charge is 0.333 e. The molecule has 0 N–H and O–H groups in total. The van der Waals surface area contributed by atoms with Gasteiger partial charge in [0.1, 0.15) is 0 Å². The molecule has 0 unspecified atom stereocenters. The van der Waals surface area contributed by atoms with Gasteiger partial charge in [-0.15, -0.1) is 47.3 Å². The third-order valence-corrected chi connectivity index (χ3v) is 14.4. The smallest absolute Gasteiger partial charge is 0.0795 e. The average Bonchev–Trinajstić information content (AvgIpc) is 3.88. The molecule has 3 heterocycles. The van der Waals surface area contributed by atoms with Crippen LogP contribution < -0.4 is 5.19 Å². The molecule has 1 radical (unpaired) electrons. The van der Waals surface area contributed by atoms with E-state index in [1.807, 2.05) is 29.7 Å². The van der Waals surface area contributed by atoms with E-state index in [-0.39, 0.29) is 20.1 Å². The molecule has 11 rings (SSSR count). The molecule has 0 bridgehead atoms. The maximum absolute atomic E-state index is 5.22. The van der Waals surface area contributed by atoms with Crippen molar-refractivity contribution in [1.29, 1.82) is 0 Å². The van der Waals surface area contributed by atoms with Gasteiger partial charge in [0, 0.05) is 42.3 Å². The van der Waals surface area contributed by atoms with Gasteiger partial charge < -0.3 is 9.55 Å². The second kappa shape index (κ2) is 17.0. The molecule has 3 aromatic heterocycles. The van der Waals surface area contributed by atoms with Gasteiger partial charge in [-0.3, -0.25) is 4.98 Å². The summed E-state index contributed by atoms with van der Waals surface area (Å²) in [6.45, 7) is 7.02. The molecule has 0 fully saturated rings. The van der Waals surface area contributed by atoms with Crippen molar-refractivity contribution in [2.75, 3.05) is 0 Å². The van der Waals surface area contributed by atoms with E-state index >= 15 is 0 Å². The normalized spacial score (nSPS) is 11.4. The number of imidazole rings is 1. The number of hydrogen-bond donors (Lipinski definition) is 0. The van der Waals surface area contributed by atoms with E-state index in [9.17, 15) is 0 Å². The Morgan fingerprint density at radius 3 is 2.03 bits per heavy atom. The van der Waals surface area contributed by atoms with Crippen LogP contribution in [-0.4, -0.2) is 22.6 Å². The van der Waals surface area contributed by atoms with Gasteiger partial charge in [-0.25, -0.2) is 0 Å². The Morgan fingerprint density at radius 2 is 1.25 bits per heavy atom.